The lowest BCUT2D eigenvalue weighted by Gasteiger charge is -2.32. The third kappa shape index (κ3) is 5.58. The van der Waals surface area contributed by atoms with E-state index in [-0.39, 0.29) is 18.1 Å². The molecule has 0 radical (unpaired) electrons. The summed E-state index contributed by atoms with van der Waals surface area (Å²) in [5.41, 5.74) is 1.18. The number of carbonyl (C=O) groups is 1. The Kier molecular flexibility index (Phi) is 6.60. The molecule has 0 unspecified atom stereocenters. The van der Waals surface area contributed by atoms with E-state index >= 15 is 0 Å². The van der Waals surface area contributed by atoms with E-state index < -0.39 is 5.82 Å². The average molecular weight is 427 g/mol. The summed E-state index contributed by atoms with van der Waals surface area (Å²) in [5, 5.41) is 8.55. The second kappa shape index (κ2) is 9.73. The van der Waals surface area contributed by atoms with E-state index in [9.17, 15) is 9.18 Å². The van der Waals surface area contributed by atoms with Crippen molar-refractivity contribution in [2.45, 2.75) is 19.3 Å². The summed E-state index contributed by atoms with van der Waals surface area (Å²) in [4.78, 5) is 27.3. The number of benzene rings is 1. The van der Waals surface area contributed by atoms with Gasteiger partial charge in [0.15, 0.2) is 5.13 Å². The molecule has 0 saturated carbocycles. The van der Waals surface area contributed by atoms with Crippen molar-refractivity contribution in [3.63, 3.8) is 0 Å². The van der Waals surface area contributed by atoms with E-state index in [0.717, 1.165) is 49.0 Å². The van der Waals surface area contributed by atoms with Crippen LogP contribution in [0, 0.1) is 11.7 Å². The van der Waals surface area contributed by atoms with E-state index in [1.165, 1.54) is 17.4 Å². The highest BCUT2D eigenvalue weighted by molar-refractivity contribution is 7.13. The van der Waals surface area contributed by atoms with Gasteiger partial charge in [-0.1, -0.05) is 12.1 Å². The molecule has 1 atom stereocenters. The predicted octanol–water partition coefficient (Wildman–Crippen LogP) is 3.71. The van der Waals surface area contributed by atoms with Gasteiger partial charge in [-0.25, -0.2) is 19.3 Å². The van der Waals surface area contributed by atoms with Crippen molar-refractivity contribution >= 4 is 33.9 Å². The monoisotopic (exact) mass is 426 g/mol. The third-order valence-corrected chi connectivity index (χ3v) is 5.70. The summed E-state index contributed by atoms with van der Waals surface area (Å²) in [5.74, 6) is 0.514. The first-order valence-corrected chi connectivity index (χ1v) is 10.8. The molecule has 1 saturated heterocycles. The van der Waals surface area contributed by atoms with Gasteiger partial charge in [0.1, 0.15) is 18.0 Å². The standard InChI is InChI=1S/C21H23FN6OS/c22-17-5-1-2-6-18(17)26-20(29)13-28-8-3-4-15(12-28)10-16-11-19(25-14-24-16)27-21-23-7-9-30-21/h1-2,5-7,9,11,14-15H,3-4,8,10,12-13H2,(H,26,29)(H,23,24,25,27)/t15-/m1/s1. The van der Waals surface area contributed by atoms with Crippen LogP contribution in [-0.2, 0) is 11.2 Å². The maximum Gasteiger partial charge on any atom is 0.238 e. The van der Waals surface area contributed by atoms with Crippen molar-refractivity contribution in [2.24, 2.45) is 5.92 Å². The SMILES string of the molecule is O=C(CN1CCC[C@H](Cc2cc(Nc3nccs3)ncn2)C1)Nc1ccccc1F. The number of anilines is 3. The Morgan fingerprint density at radius 1 is 1.27 bits per heavy atom. The van der Waals surface area contributed by atoms with Crippen molar-refractivity contribution in [2.75, 3.05) is 30.3 Å². The number of nitrogens with zero attached hydrogens (tertiary/aromatic N) is 4. The molecule has 0 aliphatic carbocycles. The molecule has 1 fully saturated rings. The summed E-state index contributed by atoms with van der Waals surface area (Å²) in [6.45, 7) is 1.93. The van der Waals surface area contributed by atoms with Crippen LogP contribution in [0.15, 0.2) is 48.2 Å². The molecular formula is C21H23FN6OS. The molecule has 3 aromatic rings. The van der Waals surface area contributed by atoms with Gasteiger partial charge in [0, 0.05) is 29.9 Å². The summed E-state index contributed by atoms with van der Waals surface area (Å²) in [6, 6.07) is 8.16. The predicted molar refractivity (Wildman–Crippen MR) is 115 cm³/mol. The summed E-state index contributed by atoms with van der Waals surface area (Å²) in [7, 11) is 0. The lowest BCUT2D eigenvalue weighted by molar-refractivity contribution is -0.117. The number of halogens is 1. The molecular weight excluding hydrogens is 403 g/mol. The van der Waals surface area contributed by atoms with Crippen molar-refractivity contribution < 1.29 is 9.18 Å². The molecule has 3 heterocycles. The number of aromatic nitrogens is 3. The molecule has 30 heavy (non-hydrogen) atoms. The van der Waals surface area contributed by atoms with Gasteiger partial charge in [0.25, 0.3) is 0 Å². The number of amides is 1. The lowest BCUT2D eigenvalue weighted by atomic mass is 9.93. The topological polar surface area (TPSA) is 83.0 Å². The quantitative estimate of drug-likeness (QED) is 0.599. The van der Waals surface area contributed by atoms with E-state index in [2.05, 4.69) is 30.5 Å². The van der Waals surface area contributed by atoms with Crippen molar-refractivity contribution in [1.29, 1.82) is 0 Å². The molecule has 2 N–H and O–H groups in total. The first kappa shape index (κ1) is 20.4. The molecule has 2 aromatic heterocycles. The lowest BCUT2D eigenvalue weighted by Crippen LogP contribution is -2.41. The molecule has 9 heteroatoms. The van der Waals surface area contributed by atoms with Gasteiger partial charge in [-0.15, -0.1) is 11.3 Å². The minimum Gasteiger partial charge on any atom is -0.322 e. The fraction of sp³-hybridized carbons (Fsp3) is 0.333. The fourth-order valence-electron chi connectivity index (χ4n) is 3.68. The smallest absolute Gasteiger partial charge is 0.238 e. The van der Waals surface area contributed by atoms with Crippen molar-refractivity contribution in [3.05, 3.63) is 59.7 Å². The second-order valence-electron chi connectivity index (χ2n) is 7.33. The van der Waals surface area contributed by atoms with Gasteiger partial charge in [0.2, 0.25) is 5.91 Å². The number of carbonyl (C=O) groups excluding carboxylic acids is 1. The number of rotatable bonds is 7. The van der Waals surface area contributed by atoms with Gasteiger partial charge in [-0.3, -0.25) is 9.69 Å². The average Bonchev–Trinajstić information content (AvgIpc) is 3.23. The number of nitrogens with one attached hydrogen (secondary N) is 2. The maximum absolute atomic E-state index is 13.7. The van der Waals surface area contributed by atoms with Crippen LogP contribution in [0.2, 0.25) is 0 Å². The van der Waals surface area contributed by atoms with E-state index in [0.29, 0.717) is 5.92 Å². The zero-order valence-electron chi connectivity index (χ0n) is 16.4. The Balaban J connectivity index is 1.31. The third-order valence-electron chi connectivity index (χ3n) is 5.01. The van der Waals surface area contributed by atoms with Crippen LogP contribution >= 0.6 is 11.3 Å². The highest BCUT2D eigenvalue weighted by atomic mass is 32.1. The number of para-hydroxylation sites is 1. The molecule has 1 aliphatic heterocycles. The van der Waals surface area contributed by atoms with E-state index in [4.69, 9.17) is 0 Å². The number of hydrogen-bond donors (Lipinski definition) is 2. The van der Waals surface area contributed by atoms with Gasteiger partial charge < -0.3 is 10.6 Å². The fourth-order valence-corrected chi connectivity index (χ4v) is 4.22. The zero-order chi connectivity index (χ0) is 20.8. The van der Waals surface area contributed by atoms with Crippen LogP contribution in [0.4, 0.5) is 21.0 Å². The molecule has 1 aliphatic rings. The van der Waals surface area contributed by atoms with E-state index in [1.54, 1.807) is 30.7 Å². The molecule has 0 bridgehead atoms. The summed E-state index contributed by atoms with van der Waals surface area (Å²) < 4.78 is 13.7. The highest BCUT2D eigenvalue weighted by Crippen LogP contribution is 2.22. The van der Waals surface area contributed by atoms with E-state index in [1.807, 2.05) is 11.4 Å². The van der Waals surface area contributed by atoms with Crippen LogP contribution in [0.1, 0.15) is 18.5 Å². The Hall–Kier alpha value is -2.91. The molecule has 7 nitrogen and oxygen atoms in total. The van der Waals surface area contributed by atoms with Crippen LogP contribution in [0.5, 0.6) is 0 Å². The molecule has 1 amide bonds. The van der Waals surface area contributed by atoms with Crippen LogP contribution in [0.3, 0.4) is 0 Å². The molecule has 1 aromatic carbocycles. The van der Waals surface area contributed by atoms with Crippen LogP contribution < -0.4 is 10.6 Å². The maximum atomic E-state index is 13.7. The van der Waals surface area contributed by atoms with Gasteiger partial charge in [0.05, 0.1) is 12.2 Å². The van der Waals surface area contributed by atoms with Crippen LogP contribution in [0.25, 0.3) is 0 Å². The Morgan fingerprint density at radius 2 is 2.17 bits per heavy atom. The minimum atomic E-state index is -0.423. The first-order chi connectivity index (χ1) is 14.7. The van der Waals surface area contributed by atoms with Crippen molar-refractivity contribution in [3.8, 4) is 0 Å². The van der Waals surface area contributed by atoms with Gasteiger partial charge in [-0.05, 0) is 43.9 Å². The number of likely N-dealkylation sites (tertiary alicyclic amines) is 1. The summed E-state index contributed by atoms with van der Waals surface area (Å²) >= 11 is 1.52. The van der Waals surface area contributed by atoms with Crippen LogP contribution in [-0.4, -0.2) is 45.4 Å². The Labute approximate surface area is 178 Å². The first-order valence-electron chi connectivity index (χ1n) is 9.90. The Morgan fingerprint density at radius 3 is 3.00 bits per heavy atom. The Bertz CT molecular complexity index is 983. The number of thiazole rings is 1. The largest absolute Gasteiger partial charge is 0.322 e. The van der Waals surface area contributed by atoms with Crippen molar-refractivity contribution in [1.82, 2.24) is 19.9 Å². The zero-order valence-corrected chi connectivity index (χ0v) is 17.2. The number of piperidine rings is 1. The minimum absolute atomic E-state index is 0.197. The molecule has 4 rings (SSSR count). The second-order valence-corrected chi connectivity index (χ2v) is 8.23. The van der Waals surface area contributed by atoms with Gasteiger partial charge in [-0.2, -0.15) is 0 Å². The van der Waals surface area contributed by atoms with Gasteiger partial charge >= 0.3 is 0 Å². The summed E-state index contributed by atoms with van der Waals surface area (Å²) in [6.07, 6.45) is 6.24. The normalized spacial score (nSPS) is 16.9. The molecule has 0 spiro atoms. The highest BCUT2D eigenvalue weighted by Gasteiger charge is 2.22. The molecule has 156 valence electrons. The number of hydrogen-bond acceptors (Lipinski definition) is 7.